The third-order valence-corrected chi connectivity index (χ3v) is 5.29. The highest BCUT2D eigenvalue weighted by molar-refractivity contribution is 5.47. The minimum Gasteiger partial charge on any atom is -0.493 e. The van der Waals surface area contributed by atoms with Crippen LogP contribution in [0.4, 0.5) is 0 Å². The molecule has 2 saturated carbocycles. The van der Waals surface area contributed by atoms with Gasteiger partial charge >= 0.3 is 0 Å². The van der Waals surface area contributed by atoms with E-state index in [1.165, 1.54) is 12.8 Å². The average molecular weight is 299 g/mol. The van der Waals surface area contributed by atoms with Crippen molar-refractivity contribution in [1.82, 2.24) is 0 Å². The second-order valence-electron chi connectivity index (χ2n) is 6.93. The number of nitriles is 1. The molecule has 1 aromatic carbocycles. The topological polar surface area (TPSA) is 42.2 Å². The molecule has 0 saturated heterocycles. The predicted octanol–water partition coefficient (Wildman–Crippen LogP) is 4.60. The molecular formula is C19H25NO2. The Balaban J connectivity index is 1.90. The van der Waals surface area contributed by atoms with Crippen molar-refractivity contribution in [2.75, 3.05) is 7.11 Å². The highest BCUT2D eigenvalue weighted by Crippen LogP contribution is 2.46. The van der Waals surface area contributed by atoms with E-state index in [4.69, 9.17) is 9.47 Å². The van der Waals surface area contributed by atoms with E-state index in [1.54, 1.807) is 7.11 Å². The zero-order valence-corrected chi connectivity index (χ0v) is 13.6. The summed E-state index contributed by atoms with van der Waals surface area (Å²) in [5, 5.41) is 9.77. The van der Waals surface area contributed by atoms with E-state index in [9.17, 15) is 5.26 Å². The van der Waals surface area contributed by atoms with E-state index >= 15 is 0 Å². The van der Waals surface area contributed by atoms with Gasteiger partial charge in [-0.25, -0.2) is 0 Å². The molecule has 0 amide bonds. The van der Waals surface area contributed by atoms with Crippen LogP contribution in [-0.4, -0.2) is 13.2 Å². The van der Waals surface area contributed by atoms with Crippen LogP contribution in [0.5, 0.6) is 11.5 Å². The third-order valence-electron chi connectivity index (χ3n) is 5.29. The Hall–Kier alpha value is -1.69. The molecule has 0 N–H and O–H groups in total. The van der Waals surface area contributed by atoms with Gasteiger partial charge < -0.3 is 9.47 Å². The minimum atomic E-state index is -0.348. The minimum absolute atomic E-state index is 0.296. The zero-order chi connectivity index (χ0) is 15.6. The fourth-order valence-electron chi connectivity index (χ4n) is 3.97. The van der Waals surface area contributed by atoms with E-state index in [-0.39, 0.29) is 5.41 Å². The largest absolute Gasteiger partial charge is 0.493 e. The number of methoxy groups -OCH3 is 1. The van der Waals surface area contributed by atoms with Crippen molar-refractivity contribution >= 4 is 0 Å². The Morgan fingerprint density at radius 2 is 1.95 bits per heavy atom. The van der Waals surface area contributed by atoms with Crippen LogP contribution >= 0.6 is 0 Å². The van der Waals surface area contributed by atoms with Crippen LogP contribution in [0.15, 0.2) is 18.2 Å². The number of nitrogens with zero attached hydrogens (tertiary/aromatic N) is 1. The highest BCUT2D eigenvalue weighted by Gasteiger charge is 2.39. The van der Waals surface area contributed by atoms with Crippen molar-refractivity contribution < 1.29 is 9.47 Å². The van der Waals surface area contributed by atoms with Crippen LogP contribution in [0.25, 0.3) is 0 Å². The Bertz CT molecular complexity index is 571. The van der Waals surface area contributed by atoms with E-state index in [0.717, 1.165) is 49.2 Å². The Morgan fingerprint density at radius 3 is 2.55 bits per heavy atom. The zero-order valence-electron chi connectivity index (χ0n) is 13.6. The normalized spacial score (nSPS) is 28.5. The molecular weight excluding hydrogens is 274 g/mol. The molecule has 0 spiro atoms. The summed E-state index contributed by atoms with van der Waals surface area (Å²) in [6.45, 7) is 2.23. The van der Waals surface area contributed by atoms with Gasteiger partial charge in [0.15, 0.2) is 11.5 Å². The number of ether oxygens (including phenoxy) is 2. The molecule has 2 atom stereocenters. The molecule has 1 aromatic rings. The molecule has 3 heteroatoms. The molecule has 3 nitrogen and oxygen atoms in total. The van der Waals surface area contributed by atoms with E-state index in [1.807, 2.05) is 12.1 Å². The van der Waals surface area contributed by atoms with Crippen molar-refractivity contribution in [1.29, 1.82) is 5.26 Å². The van der Waals surface area contributed by atoms with E-state index in [0.29, 0.717) is 12.0 Å². The van der Waals surface area contributed by atoms with Gasteiger partial charge in [0.2, 0.25) is 0 Å². The van der Waals surface area contributed by atoms with Crippen molar-refractivity contribution in [3.63, 3.8) is 0 Å². The van der Waals surface area contributed by atoms with Crippen LogP contribution in [0, 0.1) is 17.2 Å². The van der Waals surface area contributed by atoms with Gasteiger partial charge in [0, 0.05) is 0 Å². The lowest BCUT2D eigenvalue weighted by Gasteiger charge is -2.24. The number of benzene rings is 1. The lowest BCUT2D eigenvalue weighted by molar-refractivity contribution is 0.200. The number of hydrogen-bond donors (Lipinski definition) is 0. The van der Waals surface area contributed by atoms with Crippen LogP contribution in [0.3, 0.4) is 0 Å². The molecule has 0 heterocycles. The summed E-state index contributed by atoms with van der Waals surface area (Å²) in [6, 6.07) is 8.64. The first kappa shape index (κ1) is 15.2. The van der Waals surface area contributed by atoms with Crippen LogP contribution in [0.2, 0.25) is 0 Å². The molecule has 2 aliphatic carbocycles. The maximum atomic E-state index is 9.77. The predicted molar refractivity (Wildman–Crippen MR) is 86.2 cm³/mol. The van der Waals surface area contributed by atoms with Gasteiger partial charge in [-0.1, -0.05) is 13.0 Å². The first-order chi connectivity index (χ1) is 10.7. The molecule has 22 heavy (non-hydrogen) atoms. The summed E-state index contributed by atoms with van der Waals surface area (Å²) in [6.07, 6.45) is 8.03. The van der Waals surface area contributed by atoms with Gasteiger partial charge in [0.25, 0.3) is 0 Å². The maximum Gasteiger partial charge on any atom is 0.161 e. The fraction of sp³-hybridized carbons (Fsp3) is 0.632. The monoisotopic (exact) mass is 299 g/mol. The SMILES string of the molecule is COc1ccc(C2(C#N)CCC(C)C2)cc1OC1CCCC1. The summed E-state index contributed by atoms with van der Waals surface area (Å²) < 4.78 is 11.6. The van der Waals surface area contributed by atoms with Gasteiger partial charge in [-0.2, -0.15) is 5.26 Å². The van der Waals surface area contributed by atoms with Crippen LogP contribution in [0.1, 0.15) is 57.4 Å². The molecule has 0 aromatic heterocycles. The summed E-state index contributed by atoms with van der Waals surface area (Å²) in [5.41, 5.74) is 0.743. The van der Waals surface area contributed by atoms with E-state index < -0.39 is 0 Å². The van der Waals surface area contributed by atoms with Gasteiger partial charge in [-0.3, -0.25) is 0 Å². The summed E-state index contributed by atoms with van der Waals surface area (Å²) in [7, 11) is 1.67. The van der Waals surface area contributed by atoms with Gasteiger partial charge in [-0.05, 0) is 68.6 Å². The maximum absolute atomic E-state index is 9.77. The lowest BCUT2D eigenvalue weighted by atomic mass is 9.79. The fourth-order valence-corrected chi connectivity index (χ4v) is 3.97. The quantitative estimate of drug-likeness (QED) is 0.816. The molecule has 2 aliphatic rings. The number of hydrogen-bond acceptors (Lipinski definition) is 3. The molecule has 2 fully saturated rings. The average Bonchev–Trinajstić information content (AvgIpc) is 3.17. The van der Waals surface area contributed by atoms with Crippen molar-refractivity contribution in [2.45, 2.75) is 63.4 Å². The van der Waals surface area contributed by atoms with E-state index in [2.05, 4.69) is 19.1 Å². The third kappa shape index (κ3) is 2.79. The summed E-state index contributed by atoms with van der Waals surface area (Å²) in [4.78, 5) is 0. The summed E-state index contributed by atoms with van der Waals surface area (Å²) >= 11 is 0. The Morgan fingerprint density at radius 1 is 1.18 bits per heavy atom. The second-order valence-corrected chi connectivity index (χ2v) is 6.93. The molecule has 0 radical (unpaired) electrons. The first-order valence-electron chi connectivity index (χ1n) is 8.43. The van der Waals surface area contributed by atoms with Gasteiger partial charge in [0.05, 0.1) is 24.7 Å². The van der Waals surface area contributed by atoms with Crippen LogP contribution in [-0.2, 0) is 5.41 Å². The van der Waals surface area contributed by atoms with Crippen molar-refractivity contribution in [2.24, 2.45) is 5.92 Å². The molecule has 3 rings (SSSR count). The second kappa shape index (κ2) is 6.20. The molecule has 2 unspecified atom stereocenters. The Kier molecular flexibility index (Phi) is 4.29. The Labute approximate surface area is 133 Å². The van der Waals surface area contributed by atoms with Gasteiger partial charge in [0.1, 0.15) is 0 Å². The first-order valence-corrected chi connectivity index (χ1v) is 8.43. The van der Waals surface area contributed by atoms with Gasteiger partial charge in [-0.15, -0.1) is 0 Å². The number of rotatable bonds is 4. The van der Waals surface area contributed by atoms with Crippen molar-refractivity contribution in [3.8, 4) is 17.6 Å². The standard InChI is InChI=1S/C19H25NO2/c1-14-9-10-19(12-14,13-20)15-7-8-17(21-2)18(11-15)22-16-5-3-4-6-16/h7-8,11,14,16H,3-6,9-10,12H2,1-2H3. The summed E-state index contributed by atoms with van der Waals surface area (Å²) in [5.74, 6) is 2.19. The molecule has 0 aliphatic heterocycles. The smallest absolute Gasteiger partial charge is 0.161 e. The van der Waals surface area contributed by atoms with Crippen molar-refractivity contribution in [3.05, 3.63) is 23.8 Å². The lowest BCUT2D eigenvalue weighted by Crippen LogP contribution is -2.20. The van der Waals surface area contributed by atoms with Crippen LogP contribution < -0.4 is 9.47 Å². The molecule has 0 bridgehead atoms. The molecule has 118 valence electrons. The highest BCUT2D eigenvalue weighted by atomic mass is 16.5.